The minimum absolute atomic E-state index is 0.968. The first-order valence-corrected chi connectivity index (χ1v) is 3.31. The third-order valence-corrected chi connectivity index (χ3v) is 1.42. The molecule has 1 rings (SSSR count). The standard InChI is InChI=1S/C9H8N2/c1-8(2-5-10)9-3-6-11-7-4-9/h2-4,6-7H,1H3/b8-2-. The van der Waals surface area contributed by atoms with Gasteiger partial charge in [0.2, 0.25) is 0 Å². The molecule has 0 atom stereocenters. The van der Waals surface area contributed by atoms with Gasteiger partial charge in [-0.3, -0.25) is 4.98 Å². The third kappa shape index (κ3) is 1.91. The van der Waals surface area contributed by atoms with Gasteiger partial charge in [-0.1, -0.05) is 0 Å². The number of nitriles is 1. The van der Waals surface area contributed by atoms with Crippen molar-refractivity contribution < 1.29 is 0 Å². The number of hydrogen-bond acceptors (Lipinski definition) is 2. The van der Waals surface area contributed by atoms with Crippen LogP contribution in [0.1, 0.15) is 12.5 Å². The molecule has 0 aliphatic carbocycles. The lowest BCUT2D eigenvalue weighted by Gasteiger charge is -1.95. The molecule has 2 nitrogen and oxygen atoms in total. The van der Waals surface area contributed by atoms with Crippen LogP contribution >= 0.6 is 0 Å². The summed E-state index contributed by atoms with van der Waals surface area (Å²) in [6.07, 6.45) is 4.95. The van der Waals surface area contributed by atoms with Crippen molar-refractivity contribution in [2.75, 3.05) is 0 Å². The van der Waals surface area contributed by atoms with Crippen LogP contribution < -0.4 is 0 Å². The molecule has 2 heteroatoms. The monoisotopic (exact) mass is 144 g/mol. The molecule has 0 saturated carbocycles. The van der Waals surface area contributed by atoms with Gasteiger partial charge < -0.3 is 0 Å². The maximum absolute atomic E-state index is 8.36. The number of hydrogen-bond donors (Lipinski definition) is 0. The molecule has 1 heterocycles. The molecule has 0 saturated heterocycles. The number of nitrogens with zero attached hydrogens (tertiary/aromatic N) is 2. The Morgan fingerprint density at radius 3 is 2.73 bits per heavy atom. The maximum atomic E-state index is 8.36. The topological polar surface area (TPSA) is 36.7 Å². The van der Waals surface area contributed by atoms with Crippen LogP contribution in [0.2, 0.25) is 0 Å². The molecular formula is C9H8N2. The highest BCUT2D eigenvalue weighted by Crippen LogP contribution is 2.10. The van der Waals surface area contributed by atoms with Crippen molar-refractivity contribution in [3.63, 3.8) is 0 Å². The third-order valence-electron chi connectivity index (χ3n) is 1.42. The molecule has 0 unspecified atom stereocenters. The zero-order chi connectivity index (χ0) is 8.10. The zero-order valence-electron chi connectivity index (χ0n) is 6.28. The van der Waals surface area contributed by atoms with Gasteiger partial charge in [0, 0.05) is 18.5 Å². The van der Waals surface area contributed by atoms with Crippen LogP contribution in [0.4, 0.5) is 0 Å². The summed E-state index contributed by atoms with van der Waals surface area (Å²) in [5, 5.41) is 8.36. The van der Waals surface area contributed by atoms with E-state index in [1.165, 1.54) is 6.08 Å². The molecule has 0 bridgehead atoms. The van der Waals surface area contributed by atoms with Crippen LogP contribution in [0.25, 0.3) is 5.57 Å². The van der Waals surface area contributed by atoms with Gasteiger partial charge in [-0.05, 0) is 30.2 Å². The molecule has 0 fully saturated rings. The lowest BCUT2D eigenvalue weighted by molar-refractivity contribution is 1.31. The minimum atomic E-state index is 0.968. The van der Waals surface area contributed by atoms with Crippen molar-refractivity contribution in [1.82, 2.24) is 4.98 Å². The summed E-state index contributed by atoms with van der Waals surface area (Å²) in [6.45, 7) is 1.90. The molecule has 0 amide bonds. The highest BCUT2D eigenvalue weighted by atomic mass is 14.6. The average Bonchev–Trinajstić information content (AvgIpc) is 2.07. The van der Waals surface area contributed by atoms with Crippen LogP contribution in [0.15, 0.2) is 30.6 Å². The molecule has 0 aromatic carbocycles. The van der Waals surface area contributed by atoms with E-state index in [0.717, 1.165) is 11.1 Å². The molecule has 0 spiro atoms. The molecule has 0 aliphatic heterocycles. The summed E-state index contributed by atoms with van der Waals surface area (Å²) in [5.41, 5.74) is 2.01. The highest BCUT2D eigenvalue weighted by Gasteiger charge is 1.91. The van der Waals surface area contributed by atoms with Crippen molar-refractivity contribution in [2.24, 2.45) is 0 Å². The maximum Gasteiger partial charge on any atom is 0.0915 e. The zero-order valence-corrected chi connectivity index (χ0v) is 6.28. The summed E-state index contributed by atoms with van der Waals surface area (Å²) >= 11 is 0. The lowest BCUT2D eigenvalue weighted by Crippen LogP contribution is -1.78. The summed E-state index contributed by atoms with van der Waals surface area (Å²) in [5.74, 6) is 0. The summed E-state index contributed by atoms with van der Waals surface area (Å²) in [6, 6.07) is 5.74. The SMILES string of the molecule is C/C(=C/C#N)c1ccncc1. The first-order valence-electron chi connectivity index (χ1n) is 3.31. The van der Waals surface area contributed by atoms with Crippen molar-refractivity contribution in [3.05, 3.63) is 36.2 Å². The fourth-order valence-corrected chi connectivity index (χ4v) is 0.795. The Hall–Kier alpha value is -1.62. The van der Waals surface area contributed by atoms with Gasteiger partial charge in [0.15, 0.2) is 0 Å². The molecule has 0 aliphatic rings. The Morgan fingerprint density at radius 2 is 2.18 bits per heavy atom. The van der Waals surface area contributed by atoms with Crippen LogP contribution in [0.5, 0.6) is 0 Å². The molecule has 11 heavy (non-hydrogen) atoms. The van der Waals surface area contributed by atoms with E-state index in [4.69, 9.17) is 5.26 Å². The molecule has 1 aromatic heterocycles. The predicted molar refractivity (Wildman–Crippen MR) is 43.5 cm³/mol. The predicted octanol–water partition coefficient (Wildman–Crippen LogP) is 2.01. The molecule has 0 N–H and O–H groups in total. The van der Waals surface area contributed by atoms with Gasteiger partial charge in [-0.15, -0.1) is 0 Å². The van der Waals surface area contributed by atoms with Gasteiger partial charge >= 0.3 is 0 Å². The van der Waals surface area contributed by atoms with Crippen LogP contribution in [0.3, 0.4) is 0 Å². The summed E-state index contributed by atoms with van der Waals surface area (Å²) in [4.78, 5) is 3.88. The Morgan fingerprint density at radius 1 is 1.55 bits per heavy atom. The highest BCUT2D eigenvalue weighted by molar-refractivity contribution is 5.65. The van der Waals surface area contributed by atoms with Crippen LogP contribution in [0, 0.1) is 11.3 Å². The van der Waals surface area contributed by atoms with E-state index in [9.17, 15) is 0 Å². The summed E-state index contributed by atoms with van der Waals surface area (Å²) in [7, 11) is 0. The number of rotatable bonds is 1. The lowest BCUT2D eigenvalue weighted by atomic mass is 10.1. The van der Waals surface area contributed by atoms with Crippen molar-refractivity contribution >= 4 is 5.57 Å². The molecular weight excluding hydrogens is 136 g/mol. The van der Waals surface area contributed by atoms with E-state index in [2.05, 4.69) is 4.98 Å². The second kappa shape index (κ2) is 3.52. The fourth-order valence-electron chi connectivity index (χ4n) is 0.795. The molecule has 54 valence electrons. The van der Waals surface area contributed by atoms with Gasteiger partial charge in [-0.2, -0.15) is 5.26 Å². The van der Waals surface area contributed by atoms with Crippen molar-refractivity contribution in [2.45, 2.75) is 6.92 Å². The van der Waals surface area contributed by atoms with Gasteiger partial charge in [0.25, 0.3) is 0 Å². The minimum Gasteiger partial charge on any atom is -0.265 e. The second-order valence-electron chi connectivity index (χ2n) is 2.19. The number of pyridine rings is 1. The molecule has 0 radical (unpaired) electrons. The number of allylic oxidation sites excluding steroid dienone is 2. The van der Waals surface area contributed by atoms with E-state index in [1.807, 2.05) is 25.1 Å². The Bertz CT molecular complexity index is 293. The molecule has 1 aromatic rings. The smallest absolute Gasteiger partial charge is 0.0915 e. The fraction of sp³-hybridized carbons (Fsp3) is 0.111. The second-order valence-corrected chi connectivity index (χ2v) is 2.19. The van der Waals surface area contributed by atoms with Crippen molar-refractivity contribution in [3.8, 4) is 6.07 Å². The Kier molecular flexibility index (Phi) is 2.40. The van der Waals surface area contributed by atoms with Crippen LogP contribution in [-0.4, -0.2) is 4.98 Å². The van der Waals surface area contributed by atoms with E-state index in [1.54, 1.807) is 12.4 Å². The van der Waals surface area contributed by atoms with Crippen LogP contribution in [-0.2, 0) is 0 Å². The van der Waals surface area contributed by atoms with Crippen molar-refractivity contribution in [1.29, 1.82) is 5.26 Å². The number of aromatic nitrogens is 1. The largest absolute Gasteiger partial charge is 0.265 e. The van der Waals surface area contributed by atoms with E-state index < -0.39 is 0 Å². The summed E-state index contributed by atoms with van der Waals surface area (Å²) < 4.78 is 0. The van der Waals surface area contributed by atoms with Gasteiger partial charge in [-0.25, -0.2) is 0 Å². The van der Waals surface area contributed by atoms with Gasteiger partial charge in [0.1, 0.15) is 0 Å². The van der Waals surface area contributed by atoms with E-state index in [-0.39, 0.29) is 0 Å². The normalized spacial score (nSPS) is 10.7. The first-order chi connectivity index (χ1) is 5.34. The Balaban J connectivity index is 2.96. The first kappa shape index (κ1) is 7.49. The van der Waals surface area contributed by atoms with Gasteiger partial charge in [0.05, 0.1) is 6.07 Å². The Labute approximate surface area is 65.8 Å². The quantitative estimate of drug-likeness (QED) is 0.565. The van der Waals surface area contributed by atoms with E-state index in [0.29, 0.717) is 0 Å². The van der Waals surface area contributed by atoms with E-state index >= 15 is 0 Å². The average molecular weight is 144 g/mol.